The maximum absolute atomic E-state index is 10.1. The largest absolute Gasteiger partial charge is 0.303 e. The van der Waals surface area contributed by atoms with E-state index in [1.165, 1.54) is 0 Å². The molecule has 2 heteroatoms. The fourth-order valence-electron chi connectivity index (χ4n) is 0.966. The van der Waals surface area contributed by atoms with E-state index in [-0.39, 0.29) is 0 Å². The lowest BCUT2D eigenvalue weighted by molar-refractivity contribution is -0.111. The van der Waals surface area contributed by atoms with Crippen molar-refractivity contribution in [3.63, 3.8) is 0 Å². The summed E-state index contributed by atoms with van der Waals surface area (Å²) in [5, 5.41) is 4.08. The Labute approximate surface area is 84.8 Å². The van der Waals surface area contributed by atoms with Crippen molar-refractivity contribution < 1.29 is 4.79 Å². The van der Waals surface area contributed by atoms with Crippen molar-refractivity contribution in [1.29, 1.82) is 0 Å². The van der Waals surface area contributed by atoms with Gasteiger partial charge in [0, 0.05) is 5.92 Å². The average molecular weight is 198 g/mol. The zero-order valence-electron chi connectivity index (χ0n) is 8.40. The summed E-state index contributed by atoms with van der Waals surface area (Å²) in [7, 11) is 0. The zero-order valence-corrected chi connectivity index (χ0v) is 9.22. The van der Waals surface area contributed by atoms with Crippen LogP contribution in [0.5, 0.6) is 0 Å². The van der Waals surface area contributed by atoms with Crippen molar-refractivity contribution >= 4 is 17.6 Å². The molecule has 74 valence electrons. The van der Waals surface area contributed by atoms with Gasteiger partial charge in [-0.2, -0.15) is 11.3 Å². The maximum atomic E-state index is 10.1. The summed E-state index contributed by atoms with van der Waals surface area (Å²) in [6, 6.07) is 4.04. The van der Waals surface area contributed by atoms with Gasteiger partial charge in [-0.1, -0.05) is 32.4 Å². The number of thiophene rings is 1. The third kappa shape index (κ3) is 7.72. The number of carbonyl (C=O) groups excluding carboxylic acids is 1. The highest BCUT2D eigenvalue weighted by Crippen LogP contribution is 2.05. The smallest absolute Gasteiger partial charge is 0.123 e. The van der Waals surface area contributed by atoms with Gasteiger partial charge in [-0.05, 0) is 23.6 Å². The topological polar surface area (TPSA) is 17.1 Å². The van der Waals surface area contributed by atoms with Crippen molar-refractivity contribution in [2.24, 2.45) is 5.92 Å². The standard InChI is InChI=1S/C7H14O.C4H4S/c1-3-5-7(4-2)6-8;1-2-4-5-3-1/h6-7H,3-5H2,1-2H3;1-4H. The molecule has 0 amide bonds. The van der Waals surface area contributed by atoms with Gasteiger partial charge in [-0.15, -0.1) is 0 Å². The van der Waals surface area contributed by atoms with E-state index >= 15 is 0 Å². The van der Waals surface area contributed by atoms with E-state index in [4.69, 9.17) is 0 Å². The van der Waals surface area contributed by atoms with E-state index in [0.29, 0.717) is 5.92 Å². The summed E-state index contributed by atoms with van der Waals surface area (Å²) < 4.78 is 0. The molecule has 0 radical (unpaired) electrons. The van der Waals surface area contributed by atoms with Gasteiger partial charge in [0.1, 0.15) is 6.29 Å². The van der Waals surface area contributed by atoms with Crippen LogP contribution in [0.25, 0.3) is 0 Å². The Hall–Kier alpha value is -0.630. The molecule has 13 heavy (non-hydrogen) atoms. The first-order valence-corrected chi connectivity index (χ1v) is 5.71. The fourth-order valence-corrected chi connectivity index (χ4v) is 1.42. The van der Waals surface area contributed by atoms with Crippen LogP contribution in [0.1, 0.15) is 33.1 Å². The SMILES string of the molecule is CCCC(C=O)CC.c1ccsc1. The van der Waals surface area contributed by atoms with Crippen LogP contribution in [0.3, 0.4) is 0 Å². The Bertz CT molecular complexity index is 165. The quantitative estimate of drug-likeness (QED) is 0.673. The second-order valence-electron chi connectivity index (χ2n) is 2.89. The molecule has 1 unspecified atom stereocenters. The molecular formula is C11H18OS. The molecule has 0 aliphatic rings. The molecular weight excluding hydrogens is 180 g/mol. The number of hydrogen-bond acceptors (Lipinski definition) is 2. The zero-order chi connectivity index (χ0) is 9.94. The lowest BCUT2D eigenvalue weighted by Gasteiger charge is -2.01. The third-order valence-electron chi connectivity index (χ3n) is 1.80. The van der Waals surface area contributed by atoms with Gasteiger partial charge < -0.3 is 4.79 Å². The summed E-state index contributed by atoms with van der Waals surface area (Å²) in [6.45, 7) is 4.15. The molecule has 1 aromatic heterocycles. The minimum Gasteiger partial charge on any atom is -0.303 e. The number of rotatable bonds is 4. The van der Waals surface area contributed by atoms with Crippen LogP contribution in [-0.2, 0) is 4.79 Å². The number of aldehydes is 1. The predicted molar refractivity (Wildman–Crippen MR) is 59.1 cm³/mol. The van der Waals surface area contributed by atoms with Gasteiger partial charge >= 0.3 is 0 Å². The van der Waals surface area contributed by atoms with E-state index in [9.17, 15) is 4.79 Å². The Kier molecular flexibility index (Phi) is 9.00. The van der Waals surface area contributed by atoms with Crippen molar-refractivity contribution in [1.82, 2.24) is 0 Å². The second-order valence-corrected chi connectivity index (χ2v) is 3.70. The van der Waals surface area contributed by atoms with Gasteiger partial charge in [-0.3, -0.25) is 0 Å². The normalized spacial score (nSPS) is 11.2. The van der Waals surface area contributed by atoms with Gasteiger partial charge in [0.2, 0.25) is 0 Å². The molecule has 0 aromatic carbocycles. The van der Waals surface area contributed by atoms with Crippen molar-refractivity contribution in [2.45, 2.75) is 33.1 Å². The Morgan fingerprint density at radius 2 is 1.92 bits per heavy atom. The van der Waals surface area contributed by atoms with Crippen molar-refractivity contribution in [2.75, 3.05) is 0 Å². The van der Waals surface area contributed by atoms with Crippen LogP contribution >= 0.6 is 11.3 Å². The van der Waals surface area contributed by atoms with Crippen LogP contribution in [0.2, 0.25) is 0 Å². The Morgan fingerprint density at radius 1 is 1.31 bits per heavy atom. The first-order valence-electron chi connectivity index (χ1n) is 4.77. The van der Waals surface area contributed by atoms with E-state index < -0.39 is 0 Å². The average Bonchev–Trinajstić information content (AvgIpc) is 2.72. The molecule has 0 saturated carbocycles. The maximum Gasteiger partial charge on any atom is 0.123 e. The number of carbonyl (C=O) groups is 1. The van der Waals surface area contributed by atoms with E-state index in [1.807, 2.05) is 22.9 Å². The molecule has 0 aliphatic heterocycles. The van der Waals surface area contributed by atoms with Crippen molar-refractivity contribution in [3.05, 3.63) is 22.9 Å². The van der Waals surface area contributed by atoms with Gasteiger partial charge in [0.25, 0.3) is 0 Å². The lowest BCUT2D eigenvalue weighted by Crippen LogP contribution is -1.97. The highest BCUT2D eigenvalue weighted by atomic mass is 32.1. The number of hydrogen-bond donors (Lipinski definition) is 0. The summed E-state index contributed by atoms with van der Waals surface area (Å²) in [5.74, 6) is 0.319. The highest BCUT2D eigenvalue weighted by Gasteiger charge is 1.99. The molecule has 0 fully saturated rings. The minimum atomic E-state index is 0.319. The lowest BCUT2D eigenvalue weighted by atomic mass is 10.0. The fraction of sp³-hybridized carbons (Fsp3) is 0.545. The van der Waals surface area contributed by atoms with Gasteiger partial charge in [0.05, 0.1) is 0 Å². The first-order chi connectivity index (χ1) is 6.35. The van der Waals surface area contributed by atoms with Gasteiger partial charge in [0.15, 0.2) is 0 Å². The molecule has 1 rings (SSSR count). The molecule has 1 aromatic rings. The first kappa shape index (κ1) is 12.4. The summed E-state index contributed by atoms with van der Waals surface area (Å²) >= 11 is 1.71. The summed E-state index contributed by atoms with van der Waals surface area (Å²) in [4.78, 5) is 10.1. The van der Waals surface area contributed by atoms with Crippen molar-refractivity contribution in [3.8, 4) is 0 Å². The van der Waals surface area contributed by atoms with E-state index in [0.717, 1.165) is 25.5 Å². The second kappa shape index (κ2) is 9.46. The summed E-state index contributed by atoms with van der Waals surface area (Å²) in [6.07, 6.45) is 4.23. The highest BCUT2D eigenvalue weighted by molar-refractivity contribution is 7.07. The Balaban J connectivity index is 0.000000243. The molecule has 1 atom stereocenters. The Morgan fingerprint density at radius 3 is 2.08 bits per heavy atom. The summed E-state index contributed by atoms with van der Waals surface area (Å²) in [5.41, 5.74) is 0. The molecule has 0 N–H and O–H groups in total. The van der Waals surface area contributed by atoms with E-state index in [2.05, 4.69) is 13.8 Å². The molecule has 1 heterocycles. The van der Waals surface area contributed by atoms with Crippen LogP contribution in [0, 0.1) is 5.92 Å². The van der Waals surface area contributed by atoms with Crippen LogP contribution in [0.4, 0.5) is 0 Å². The molecule has 0 saturated heterocycles. The van der Waals surface area contributed by atoms with Crippen LogP contribution in [0.15, 0.2) is 22.9 Å². The van der Waals surface area contributed by atoms with Gasteiger partial charge in [-0.25, -0.2) is 0 Å². The molecule has 0 spiro atoms. The van der Waals surface area contributed by atoms with Crippen LogP contribution < -0.4 is 0 Å². The monoisotopic (exact) mass is 198 g/mol. The predicted octanol–water partition coefficient (Wildman–Crippen LogP) is 3.76. The van der Waals surface area contributed by atoms with E-state index in [1.54, 1.807) is 11.3 Å². The molecule has 0 aliphatic carbocycles. The van der Waals surface area contributed by atoms with Crippen LogP contribution in [-0.4, -0.2) is 6.29 Å². The molecule has 0 bridgehead atoms. The minimum absolute atomic E-state index is 0.319. The third-order valence-corrected chi connectivity index (χ3v) is 2.43. The molecule has 1 nitrogen and oxygen atoms in total.